The summed E-state index contributed by atoms with van der Waals surface area (Å²) in [5.41, 5.74) is 8.21. The van der Waals surface area contributed by atoms with Crippen LogP contribution in [0.1, 0.15) is 150 Å². The summed E-state index contributed by atoms with van der Waals surface area (Å²) in [6.45, 7) is 23.5. The number of fused-ring (bicyclic) bond motifs is 1. The van der Waals surface area contributed by atoms with Crippen LogP contribution in [0.4, 0.5) is 5.69 Å². The third kappa shape index (κ3) is 13.6. The average Bonchev–Trinajstić information content (AvgIpc) is 3.73. The predicted octanol–water partition coefficient (Wildman–Crippen LogP) is 13.2. The zero-order valence-electron chi connectivity index (χ0n) is 39.1. The van der Waals surface area contributed by atoms with Crippen LogP contribution in [0.25, 0.3) is 0 Å². The number of benzene rings is 4. The molecule has 2 heterocycles. The lowest BCUT2D eigenvalue weighted by molar-refractivity contribution is 0.0499. The predicted molar refractivity (Wildman–Crippen MR) is 259 cm³/mol. The molecule has 0 aromatic heterocycles. The Bertz CT molecular complexity index is 2020. The normalized spacial score (nSPS) is 18.0. The van der Waals surface area contributed by atoms with Crippen LogP contribution in [0.15, 0.2) is 89.8 Å². The van der Waals surface area contributed by atoms with Crippen molar-refractivity contribution in [3.8, 4) is 18.6 Å². The van der Waals surface area contributed by atoms with E-state index in [0.29, 0.717) is 31.0 Å². The number of aryl methyl sites for hydroxylation is 3. The smallest absolute Gasteiger partial charge is 0.254 e. The van der Waals surface area contributed by atoms with E-state index in [1.807, 2.05) is 68.1 Å². The Hall–Kier alpha value is -4.38. The highest BCUT2D eigenvalue weighted by Gasteiger charge is 2.40. The van der Waals surface area contributed by atoms with Gasteiger partial charge in [0.15, 0.2) is 0 Å². The molecule has 6 nitrogen and oxygen atoms in total. The van der Waals surface area contributed by atoms with Crippen molar-refractivity contribution in [2.75, 3.05) is 18.4 Å². The zero-order chi connectivity index (χ0) is 44.7. The van der Waals surface area contributed by atoms with E-state index in [-0.39, 0.29) is 18.0 Å². The highest BCUT2D eigenvalue weighted by atomic mass is 32.2. The first-order chi connectivity index (χ1) is 29.3. The number of anilines is 1. The molecule has 1 fully saturated rings. The lowest BCUT2D eigenvalue weighted by Crippen LogP contribution is -2.42. The maximum absolute atomic E-state index is 14.8. The van der Waals surface area contributed by atoms with Crippen molar-refractivity contribution in [2.24, 2.45) is 11.8 Å². The van der Waals surface area contributed by atoms with Gasteiger partial charge in [0.2, 0.25) is 0 Å². The molecule has 2 aliphatic heterocycles. The molecule has 5 atom stereocenters. The van der Waals surface area contributed by atoms with Gasteiger partial charge in [-0.3, -0.25) is 4.79 Å². The van der Waals surface area contributed by atoms with E-state index in [1.54, 1.807) is 0 Å². The molecule has 0 spiro atoms. The Balaban J connectivity index is 0.00000199. The van der Waals surface area contributed by atoms with Crippen molar-refractivity contribution in [3.05, 3.63) is 124 Å². The SMILES string of the molecule is C#C.CC.CC[C@@H](C)CCCC[C@H](C)Cc1ccc(CN([C@H]2CC(C)(C)Oc3ccc(C(=O)N4CCC[C@H]4CNc4c(C)cccc4C)cc32)S(=O)c2cccc(C)c2)cc1. The number of rotatable bonds is 17. The molecule has 1 saturated heterocycles. The molecule has 0 bridgehead atoms. The molecule has 1 amide bonds. The van der Waals surface area contributed by atoms with Crippen LogP contribution in [-0.4, -0.2) is 44.1 Å². The summed E-state index contributed by atoms with van der Waals surface area (Å²) in [6, 6.07) is 29.1. The van der Waals surface area contributed by atoms with Crippen molar-refractivity contribution in [3.63, 3.8) is 0 Å². The van der Waals surface area contributed by atoms with Gasteiger partial charge in [-0.2, -0.15) is 0 Å². The lowest BCUT2D eigenvalue weighted by Gasteiger charge is -2.42. The molecule has 1 N–H and O–H groups in total. The standard InChI is InChI=1S/C50H67N3O3S.C2H6.C2H2/c1-9-35(2)15-10-11-16-36(3)29-40-22-24-41(25-23-40)34-53(57(55)44-21-12-17-37(4)30-44)46-32-50(7,8)56-47-27-26-42(31-45(46)47)49(54)52-28-14-20-43(52)33-51-48-38(5)18-13-19-39(48)6;2*1-2/h12-13,17-19,21-27,30-31,35-36,43,46,51H,9-11,14-16,20,28-29,32-34H2,1-8H3;1-2H3;1-2H/t35-,36+,43+,46+,57?;;/m1../s1. The Morgan fingerprint density at radius 1 is 0.902 bits per heavy atom. The third-order valence-electron chi connectivity index (χ3n) is 12.4. The van der Waals surface area contributed by atoms with Gasteiger partial charge in [-0.1, -0.05) is 121 Å². The van der Waals surface area contributed by atoms with E-state index in [9.17, 15) is 9.00 Å². The van der Waals surface area contributed by atoms with Gasteiger partial charge in [-0.25, -0.2) is 8.51 Å². The number of ether oxygens (including phenoxy) is 1. The van der Waals surface area contributed by atoms with E-state index in [1.165, 1.54) is 48.8 Å². The number of carbonyl (C=O) groups excluding carboxylic acids is 1. The Morgan fingerprint density at radius 2 is 1.54 bits per heavy atom. The van der Waals surface area contributed by atoms with Gasteiger partial charge in [-0.05, 0) is 124 Å². The Kier molecular flexibility index (Phi) is 19.2. The number of nitrogens with one attached hydrogen (secondary N) is 1. The van der Waals surface area contributed by atoms with Crippen LogP contribution in [0, 0.1) is 45.5 Å². The molecular formula is C54H75N3O3S. The van der Waals surface area contributed by atoms with Gasteiger partial charge < -0.3 is 15.0 Å². The summed E-state index contributed by atoms with van der Waals surface area (Å²) in [4.78, 5) is 17.2. The second kappa shape index (κ2) is 23.7. The monoisotopic (exact) mass is 846 g/mol. The first-order valence-corrected chi connectivity index (χ1v) is 24.0. The number of hydrogen-bond donors (Lipinski definition) is 1. The number of unbranched alkanes of at least 4 members (excludes halogenated alkanes) is 1. The molecule has 0 aliphatic carbocycles. The molecule has 2 aliphatic rings. The van der Waals surface area contributed by atoms with E-state index in [2.05, 4.69) is 113 Å². The van der Waals surface area contributed by atoms with Crippen LogP contribution in [0.2, 0.25) is 0 Å². The molecule has 7 heteroatoms. The first-order valence-electron chi connectivity index (χ1n) is 22.9. The summed E-state index contributed by atoms with van der Waals surface area (Å²) >= 11 is 0. The summed E-state index contributed by atoms with van der Waals surface area (Å²) in [5.74, 6) is 2.25. The molecule has 0 saturated carbocycles. The number of carbonyl (C=O) groups is 1. The maximum Gasteiger partial charge on any atom is 0.254 e. The minimum Gasteiger partial charge on any atom is -0.487 e. The molecule has 6 rings (SSSR count). The number of likely N-dealkylation sites (tertiary alicyclic amines) is 1. The van der Waals surface area contributed by atoms with Crippen molar-refractivity contribution in [2.45, 2.75) is 156 Å². The summed E-state index contributed by atoms with van der Waals surface area (Å²) in [5, 5.41) is 3.67. The van der Waals surface area contributed by atoms with E-state index in [0.717, 1.165) is 64.7 Å². The summed E-state index contributed by atoms with van der Waals surface area (Å²) < 4.78 is 23.6. The number of hydrogen-bond acceptors (Lipinski definition) is 4. The van der Waals surface area contributed by atoms with Gasteiger partial charge in [0, 0.05) is 48.9 Å². The van der Waals surface area contributed by atoms with Crippen molar-refractivity contribution < 1.29 is 13.7 Å². The molecule has 4 aromatic rings. The van der Waals surface area contributed by atoms with Crippen LogP contribution in [0.5, 0.6) is 5.75 Å². The molecule has 330 valence electrons. The molecule has 0 radical (unpaired) electrons. The van der Waals surface area contributed by atoms with E-state index in [4.69, 9.17) is 4.74 Å². The molecule has 61 heavy (non-hydrogen) atoms. The maximum atomic E-state index is 14.8. The van der Waals surface area contributed by atoms with Gasteiger partial charge >= 0.3 is 0 Å². The summed E-state index contributed by atoms with van der Waals surface area (Å²) in [7, 11) is -1.47. The fraction of sp³-hybridized carbons (Fsp3) is 0.500. The second-order valence-electron chi connectivity index (χ2n) is 17.8. The number of para-hydroxylation sites is 1. The Labute approximate surface area is 372 Å². The van der Waals surface area contributed by atoms with Gasteiger partial charge in [0.1, 0.15) is 22.3 Å². The largest absolute Gasteiger partial charge is 0.487 e. The van der Waals surface area contributed by atoms with E-state index >= 15 is 0 Å². The van der Waals surface area contributed by atoms with Crippen molar-refractivity contribution in [1.82, 2.24) is 9.21 Å². The summed E-state index contributed by atoms with van der Waals surface area (Å²) in [6.07, 6.45) is 18.1. The highest BCUT2D eigenvalue weighted by Crippen LogP contribution is 2.45. The van der Waals surface area contributed by atoms with E-state index < -0.39 is 16.6 Å². The van der Waals surface area contributed by atoms with Crippen LogP contribution >= 0.6 is 0 Å². The van der Waals surface area contributed by atoms with Crippen LogP contribution in [0.3, 0.4) is 0 Å². The van der Waals surface area contributed by atoms with Crippen LogP contribution < -0.4 is 10.1 Å². The fourth-order valence-electron chi connectivity index (χ4n) is 8.80. The van der Waals surface area contributed by atoms with Gasteiger partial charge in [0.25, 0.3) is 5.91 Å². The average molecular weight is 846 g/mol. The molecule has 4 aromatic carbocycles. The van der Waals surface area contributed by atoms with Crippen molar-refractivity contribution >= 4 is 22.6 Å². The number of amides is 1. The first kappa shape index (κ1) is 49.3. The molecular weight excluding hydrogens is 771 g/mol. The van der Waals surface area contributed by atoms with Crippen molar-refractivity contribution in [1.29, 1.82) is 0 Å². The zero-order valence-corrected chi connectivity index (χ0v) is 39.9. The minimum absolute atomic E-state index is 0.0406. The fourth-order valence-corrected chi connectivity index (χ4v) is 10.2. The Morgan fingerprint density at radius 3 is 2.20 bits per heavy atom. The highest BCUT2D eigenvalue weighted by molar-refractivity contribution is 7.82. The van der Waals surface area contributed by atoms with Crippen LogP contribution in [-0.2, 0) is 24.0 Å². The van der Waals surface area contributed by atoms with Gasteiger partial charge in [-0.15, -0.1) is 12.8 Å². The quantitative estimate of drug-likeness (QED) is 0.0849. The number of terminal acetylenes is 1. The molecule has 1 unspecified atom stereocenters. The number of nitrogens with zero attached hydrogens (tertiary/aromatic N) is 2. The van der Waals surface area contributed by atoms with Gasteiger partial charge in [0.05, 0.1) is 10.9 Å². The third-order valence-corrected chi connectivity index (χ3v) is 13.8. The lowest BCUT2D eigenvalue weighted by atomic mass is 9.88. The topological polar surface area (TPSA) is 61.9 Å². The minimum atomic E-state index is -1.47. The second-order valence-corrected chi connectivity index (χ2v) is 19.3.